The van der Waals surface area contributed by atoms with Crippen LogP contribution in [-0.2, 0) is 56.0 Å². The molecule has 3 N–H and O–H groups in total. The van der Waals surface area contributed by atoms with Gasteiger partial charge in [-0.3, -0.25) is 47.4 Å². The number of anilines is 1. The third-order valence-electron chi connectivity index (χ3n) is 11.7. The van der Waals surface area contributed by atoms with Crippen LogP contribution in [0.5, 0.6) is 0 Å². The number of hydrogen-bond acceptors (Lipinski definition) is 17. The van der Waals surface area contributed by atoms with E-state index in [2.05, 4.69) is 40.5 Å². The minimum Gasteiger partial charge on any atom is -0.468 e. The van der Waals surface area contributed by atoms with Crippen molar-refractivity contribution in [2.75, 3.05) is 38.7 Å². The summed E-state index contributed by atoms with van der Waals surface area (Å²) in [5, 5.41) is 6.84. The van der Waals surface area contributed by atoms with Crippen LogP contribution >= 0.6 is 7.82 Å². The average molecular weight is 968 g/mol. The van der Waals surface area contributed by atoms with Crippen molar-refractivity contribution in [3.8, 4) is 0 Å². The Bertz CT molecular complexity index is 2460. The highest BCUT2D eigenvalue weighted by Crippen LogP contribution is 2.54. The van der Waals surface area contributed by atoms with Crippen LogP contribution in [0.4, 0.5) is 10.6 Å². The topological polar surface area (TPSA) is 271 Å². The van der Waals surface area contributed by atoms with Crippen LogP contribution < -0.4 is 16.0 Å². The fourth-order valence-corrected chi connectivity index (χ4v) is 9.85. The maximum Gasteiger partial charge on any atom is 0.475 e. The zero-order valence-corrected chi connectivity index (χ0v) is 39.9. The van der Waals surface area contributed by atoms with E-state index in [1.54, 1.807) is 34.9 Å². The number of amides is 6. The van der Waals surface area contributed by atoms with Crippen molar-refractivity contribution >= 4 is 68.8 Å². The van der Waals surface area contributed by atoms with Gasteiger partial charge in [-0.05, 0) is 36.7 Å². The second-order valence-electron chi connectivity index (χ2n) is 17.2. The second kappa shape index (κ2) is 21.5. The van der Waals surface area contributed by atoms with Crippen LogP contribution in [0, 0.1) is 12.5 Å². The van der Waals surface area contributed by atoms with Crippen molar-refractivity contribution in [3.05, 3.63) is 72.1 Å². The molecule has 0 aliphatic carbocycles. The molecule has 0 saturated carbocycles. The van der Waals surface area contributed by atoms with Crippen LogP contribution in [0.25, 0.3) is 16.0 Å². The Morgan fingerprint density at radius 2 is 1.75 bits per heavy atom. The highest BCUT2D eigenvalue weighted by Gasteiger charge is 2.52. The minimum absolute atomic E-state index is 0.0796. The van der Waals surface area contributed by atoms with Gasteiger partial charge in [0.05, 0.1) is 38.4 Å². The molecule has 67 heavy (non-hydrogen) atoms. The van der Waals surface area contributed by atoms with E-state index in [0.29, 0.717) is 23.1 Å². The van der Waals surface area contributed by atoms with Gasteiger partial charge in [0.1, 0.15) is 44.0 Å². The molecule has 3 aliphatic heterocycles. The first-order valence-corrected chi connectivity index (χ1v) is 25.8. The molecule has 3 aromatic rings. The van der Waals surface area contributed by atoms with Gasteiger partial charge < -0.3 is 34.1 Å². The molecule has 3 saturated heterocycles. The van der Waals surface area contributed by atoms with Crippen molar-refractivity contribution < 1.29 is 65.5 Å². The summed E-state index contributed by atoms with van der Waals surface area (Å²) in [6.07, 6.45) is -0.419. The van der Waals surface area contributed by atoms with Crippen LogP contribution in [0.15, 0.2) is 55.1 Å². The fourth-order valence-electron chi connectivity index (χ4n) is 7.10. The van der Waals surface area contributed by atoms with Crippen LogP contribution in [0.3, 0.4) is 0 Å². The fraction of sp³-hybridized carbons (Fsp3) is 0.524. The number of benzene rings is 1. The second-order valence-corrected chi connectivity index (χ2v) is 23.5. The molecule has 0 spiro atoms. The lowest BCUT2D eigenvalue weighted by atomic mass is 10.0. The number of esters is 1. The molecule has 25 heteroatoms. The molecule has 3 aliphatic rings. The Balaban J connectivity index is 1.20. The number of ether oxygens (including phenoxy) is 3. The normalized spacial score (nSPS) is 24.4. The highest BCUT2D eigenvalue weighted by molar-refractivity contribution is 7.48. The third kappa shape index (κ3) is 12.0. The number of imide groups is 2. The zero-order chi connectivity index (χ0) is 48.7. The first-order chi connectivity index (χ1) is 31.8. The van der Waals surface area contributed by atoms with Crippen LogP contribution in [0.2, 0.25) is 18.1 Å². The number of hydrogen-bond donors (Lipinski definition) is 3. The quantitative estimate of drug-likeness (QED) is 0.0288. The van der Waals surface area contributed by atoms with Crippen molar-refractivity contribution in [2.24, 2.45) is 5.92 Å². The summed E-state index contributed by atoms with van der Waals surface area (Å²) < 4.78 is 58.1. The summed E-state index contributed by atoms with van der Waals surface area (Å²) in [5.41, 5.74) is 1.07. The number of carbonyl (C=O) groups is 6. The first-order valence-electron chi connectivity index (χ1n) is 21.4. The number of phosphoric acid groups is 1. The molecule has 0 bridgehead atoms. The number of rotatable bonds is 19. The van der Waals surface area contributed by atoms with Crippen molar-refractivity contribution in [2.45, 2.75) is 102 Å². The number of imidazole rings is 1. The molecule has 6 amide bonds. The maximum absolute atomic E-state index is 14.7. The van der Waals surface area contributed by atoms with Gasteiger partial charge in [0, 0.05) is 24.5 Å². The van der Waals surface area contributed by atoms with Gasteiger partial charge in [-0.1, -0.05) is 52.0 Å². The smallest absolute Gasteiger partial charge is 0.468 e. The van der Waals surface area contributed by atoms with Gasteiger partial charge in [0.2, 0.25) is 24.3 Å². The Kier molecular flexibility index (Phi) is 16.2. The largest absolute Gasteiger partial charge is 0.475 e. The average Bonchev–Trinajstić information content (AvgIpc) is 4.01. The van der Waals surface area contributed by atoms with Crippen molar-refractivity contribution in [1.82, 2.24) is 35.1 Å². The molecule has 5 heterocycles. The minimum atomic E-state index is -4.57. The van der Waals surface area contributed by atoms with E-state index in [-0.39, 0.29) is 36.8 Å². The zero-order valence-electron chi connectivity index (χ0n) is 38.0. The number of urea groups is 1. The summed E-state index contributed by atoms with van der Waals surface area (Å²) in [7, 11) is -6.05. The Labute approximate surface area is 387 Å². The molecule has 23 nitrogen and oxygen atoms in total. The summed E-state index contributed by atoms with van der Waals surface area (Å²) >= 11 is 0. The van der Waals surface area contributed by atoms with Gasteiger partial charge in [-0.2, -0.15) is 0 Å². The monoisotopic (exact) mass is 967 g/mol. The van der Waals surface area contributed by atoms with E-state index in [1.807, 2.05) is 40.8 Å². The molecule has 2 aromatic heterocycles. The lowest BCUT2D eigenvalue weighted by Crippen LogP contribution is -2.60. The third-order valence-corrected chi connectivity index (χ3v) is 17.7. The van der Waals surface area contributed by atoms with Gasteiger partial charge in [0.25, 0.3) is 5.91 Å². The van der Waals surface area contributed by atoms with E-state index in [1.165, 1.54) is 12.7 Å². The molecular weight excluding hydrogens is 914 g/mol. The van der Waals surface area contributed by atoms with Crippen LogP contribution in [0.1, 0.15) is 63.5 Å². The molecule has 8 unspecified atom stereocenters. The molecule has 6 rings (SSSR count). The van der Waals surface area contributed by atoms with E-state index < -0.39 is 108 Å². The number of aromatic nitrogens is 4. The van der Waals surface area contributed by atoms with E-state index >= 15 is 0 Å². The molecule has 360 valence electrons. The summed E-state index contributed by atoms with van der Waals surface area (Å²) in [6, 6.07) is 7.53. The number of methoxy groups -OCH3 is 1. The maximum atomic E-state index is 14.7. The van der Waals surface area contributed by atoms with E-state index in [0.717, 1.165) is 24.2 Å². The Hall–Kier alpha value is -5.77. The van der Waals surface area contributed by atoms with Gasteiger partial charge >= 0.3 is 19.8 Å². The summed E-state index contributed by atoms with van der Waals surface area (Å²) in [6.45, 7) is 17.7. The molecule has 3 fully saturated rings. The van der Waals surface area contributed by atoms with Gasteiger partial charge in [-0.15, -0.1) is 0 Å². The van der Waals surface area contributed by atoms with E-state index in [9.17, 15) is 33.3 Å². The Morgan fingerprint density at radius 3 is 2.43 bits per heavy atom. The number of carbonyl (C=O) groups excluding carboxylic acids is 6. The number of barbiturate groups is 1. The van der Waals surface area contributed by atoms with Gasteiger partial charge in [0.15, 0.2) is 25.3 Å². The highest BCUT2D eigenvalue weighted by atomic mass is 31.2. The van der Waals surface area contributed by atoms with E-state index in [4.69, 9.17) is 34.0 Å². The molecule has 1 aromatic carbocycles. The predicted octanol–water partition coefficient (Wildman–Crippen LogP) is 4.27. The molecule has 0 radical (unpaired) electrons. The number of nitrogens with one attached hydrogen (secondary N) is 3. The first kappa shape index (κ1) is 50.6. The SMILES string of the molecule is [C-]#[N+]CCOP(=O)(OCC1OC(N2C(=O)NC(=O)C(/C=C/C(=O)NCC(=O)OC)C2=O)CC1O[Si](C)(C)C(C)(C)C)OC1CC(n2cnc3c(NC(=O)c4ccccc4)ncnc32)OC1CC. The lowest BCUT2D eigenvalue weighted by molar-refractivity contribution is -0.150. The molecular formula is C42H54N9O14PSi. The Morgan fingerprint density at radius 1 is 1.03 bits per heavy atom. The van der Waals surface area contributed by atoms with Crippen LogP contribution in [-0.4, -0.2) is 132 Å². The standard InChI is InChI=1S/C42H54N9O14PSi/c1-9-27-28(19-32(62-27)50-24-47-35-36(45-23-46-37(35)50)48-38(54)25-13-11-10-12-14-25)64-66(58,60-18-17-43-5)61-22-30-29(65-67(7,8)42(2,3)4)20-33(63-30)51-40(56)26(39(55)49-41(51)57)15-16-31(52)44-21-34(53)59-6/h10-16,23-24,26-30,32-33H,9,17-22H2,1-4,6-8H3,(H,44,52)(H,49,55,57)(H,45,46,48,54)/b16-15+. The number of nitrogens with zero attached hydrogens (tertiary/aromatic N) is 6. The van der Waals surface area contributed by atoms with Crippen molar-refractivity contribution in [3.63, 3.8) is 0 Å². The predicted molar refractivity (Wildman–Crippen MR) is 238 cm³/mol. The molecule has 8 atom stereocenters. The lowest BCUT2D eigenvalue weighted by Gasteiger charge is -2.39. The summed E-state index contributed by atoms with van der Waals surface area (Å²) in [4.78, 5) is 93.8. The number of phosphoric ester groups is 1. The van der Waals surface area contributed by atoms with Gasteiger partial charge in [-0.25, -0.2) is 35.8 Å². The van der Waals surface area contributed by atoms with Crippen molar-refractivity contribution in [1.29, 1.82) is 0 Å². The summed E-state index contributed by atoms with van der Waals surface area (Å²) in [5.74, 6) is -5.33. The number of fused-ring (bicyclic) bond motifs is 1.